The average molecular weight is 308 g/mol. The molecule has 0 atom stereocenters. The monoisotopic (exact) mass is 307 g/mol. The van der Waals surface area contributed by atoms with Crippen LogP contribution in [-0.2, 0) is 10.2 Å². The topological polar surface area (TPSA) is 84.7 Å². The normalized spacial score (nSPS) is 11.6. The molecule has 0 aliphatic carbocycles. The smallest absolute Gasteiger partial charge is 0.301 e. The third kappa shape index (κ3) is 4.54. The van der Waals surface area contributed by atoms with Crippen LogP contribution in [0.3, 0.4) is 0 Å². The lowest BCUT2D eigenvalue weighted by atomic mass is 10.3. The van der Waals surface area contributed by atoms with Gasteiger partial charge >= 0.3 is 10.2 Å². The molecule has 1 aromatic rings. The standard InChI is InChI=1S/C11H18ClN3O3S/c1-15(7-3-6-13)19(16,17)14-11-8-9(18-2)4-5-10(11)12/h4-5,8,14H,3,6-7,13H2,1-2H3. The molecule has 6 nitrogen and oxygen atoms in total. The van der Waals surface area contributed by atoms with Crippen LogP contribution in [0.15, 0.2) is 18.2 Å². The van der Waals surface area contributed by atoms with Gasteiger partial charge < -0.3 is 10.5 Å². The summed E-state index contributed by atoms with van der Waals surface area (Å²) in [5, 5.41) is 0.302. The van der Waals surface area contributed by atoms with Crippen molar-refractivity contribution in [2.45, 2.75) is 6.42 Å². The number of halogens is 1. The molecule has 0 saturated carbocycles. The Morgan fingerprint density at radius 1 is 1.47 bits per heavy atom. The second kappa shape index (κ2) is 6.95. The zero-order chi connectivity index (χ0) is 14.5. The first kappa shape index (κ1) is 16.0. The van der Waals surface area contributed by atoms with Crippen molar-refractivity contribution in [1.82, 2.24) is 4.31 Å². The molecule has 0 radical (unpaired) electrons. The Morgan fingerprint density at radius 3 is 2.74 bits per heavy atom. The summed E-state index contributed by atoms with van der Waals surface area (Å²) >= 11 is 5.95. The summed E-state index contributed by atoms with van der Waals surface area (Å²) in [5.41, 5.74) is 5.63. The number of hydrogen-bond donors (Lipinski definition) is 2. The zero-order valence-electron chi connectivity index (χ0n) is 10.9. The van der Waals surface area contributed by atoms with E-state index in [1.165, 1.54) is 24.5 Å². The average Bonchev–Trinajstić information content (AvgIpc) is 2.38. The van der Waals surface area contributed by atoms with Gasteiger partial charge in [0.2, 0.25) is 0 Å². The van der Waals surface area contributed by atoms with E-state index in [0.717, 1.165) is 0 Å². The molecule has 0 amide bonds. The van der Waals surface area contributed by atoms with E-state index in [0.29, 0.717) is 30.3 Å². The van der Waals surface area contributed by atoms with Gasteiger partial charge in [0.15, 0.2) is 0 Å². The molecular formula is C11H18ClN3O3S. The highest BCUT2D eigenvalue weighted by Gasteiger charge is 2.18. The first-order chi connectivity index (χ1) is 8.90. The minimum atomic E-state index is -3.65. The second-order valence-corrected chi connectivity index (χ2v) is 6.10. The lowest BCUT2D eigenvalue weighted by molar-refractivity contribution is 0.415. The highest BCUT2D eigenvalue weighted by atomic mass is 35.5. The number of benzene rings is 1. The van der Waals surface area contributed by atoms with Gasteiger partial charge in [-0.05, 0) is 25.1 Å². The summed E-state index contributed by atoms with van der Waals surface area (Å²) in [6.07, 6.45) is 0.587. The van der Waals surface area contributed by atoms with Crippen molar-refractivity contribution in [3.63, 3.8) is 0 Å². The number of anilines is 1. The molecule has 0 spiro atoms. The van der Waals surface area contributed by atoms with Crippen LogP contribution in [0.2, 0.25) is 5.02 Å². The molecule has 3 N–H and O–H groups in total. The first-order valence-electron chi connectivity index (χ1n) is 5.68. The molecule has 0 aliphatic heterocycles. The van der Waals surface area contributed by atoms with Crippen LogP contribution in [0.1, 0.15) is 6.42 Å². The Hall–Kier alpha value is -1.02. The molecule has 8 heteroatoms. The molecule has 0 fully saturated rings. The van der Waals surface area contributed by atoms with Gasteiger partial charge in [-0.25, -0.2) is 0 Å². The number of nitrogens with one attached hydrogen (secondary N) is 1. The van der Waals surface area contributed by atoms with Gasteiger partial charge in [0, 0.05) is 19.7 Å². The van der Waals surface area contributed by atoms with Crippen LogP contribution in [-0.4, -0.2) is 40.0 Å². The molecule has 0 aliphatic rings. The third-order valence-corrected chi connectivity index (χ3v) is 4.31. The molecule has 0 aromatic heterocycles. The van der Waals surface area contributed by atoms with Crippen LogP contribution >= 0.6 is 11.6 Å². The van der Waals surface area contributed by atoms with E-state index in [4.69, 9.17) is 22.1 Å². The maximum absolute atomic E-state index is 12.0. The van der Waals surface area contributed by atoms with E-state index < -0.39 is 10.2 Å². The molecule has 0 saturated heterocycles. The van der Waals surface area contributed by atoms with E-state index >= 15 is 0 Å². The number of ether oxygens (including phenoxy) is 1. The van der Waals surface area contributed by atoms with Crippen LogP contribution in [0, 0.1) is 0 Å². The Balaban J connectivity index is 2.88. The molecule has 1 rings (SSSR count). The van der Waals surface area contributed by atoms with Crippen LogP contribution in [0.4, 0.5) is 5.69 Å². The first-order valence-corrected chi connectivity index (χ1v) is 7.50. The second-order valence-electron chi connectivity index (χ2n) is 3.92. The van der Waals surface area contributed by atoms with Crippen molar-refractivity contribution in [2.24, 2.45) is 5.73 Å². The van der Waals surface area contributed by atoms with Crippen molar-refractivity contribution >= 4 is 27.5 Å². The number of methoxy groups -OCH3 is 1. The number of rotatable bonds is 7. The van der Waals surface area contributed by atoms with Gasteiger partial charge in [0.1, 0.15) is 5.75 Å². The van der Waals surface area contributed by atoms with Crippen LogP contribution in [0.25, 0.3) is 0 Å². The SMILES string of the molecule is COc1ccc(Cl)c(NS(=O)(=O)N(C)CCCN)c1. The number of nitrogens with two attached hydrogens (primary N) is 1. The molecule has 0 bridgehead atoms. The molecule has 0 heterocycles. The maximum atomic E-state index is 12.0. The minimum absolute atomic E-state index is 0.278. The third-order valence-electron chi connectivity index (χ3n) is 2.50. The Labute approximate surface area is 118 Å². The lowest BCUT2D eigenvalue weighted by Crippen LogP contribution is -2.34. The fourth-order valence-corrected chi connectivity index (χ4v) is 2.55. The highest BCUT2D eigenvalue weighted by molar-refractivity contribution is 7.90. The van der Waals surface area contributed by atoms with E-state index in [1.54, 1.807) is 12.1 Å². The van der Waals surface area contributed by atoms with Crippen LogP contribution < -0.4 is 15.2 Å². The molecule has 1 aromatic carbocycles. The molecule has 108 valence electrons. The van der Waals surface area contributed by atoms with Gasteiger partial charge in [0.25, 0.3) is 0 Å². The van der Waals surface area contributed by atoms with Crippen molar-refractivity contribution in [3.8, 4) is 5.75 Å². The predicted molar refractivity (Wildman–Crippen MR) is 76.8 cm³/mol. The largest absolute Gasteiger partial charge is 0.497 e. The summed E-state index contributed by atoms with van der Waals surface area (Å²) in [6, 6.07) is 4.74. The van der Waals surface area contributed by atoms with Crippen molar-refractivity contribution in [1.29, 1.82) is 0 Å². The van der Waals surface area contributed by atoms with Gasteiger partial charge in [-0.2, -0.15) is 12.7 Å². The summed E-state index contributed by atoms with van der Waals surface area (Å²) in [6.45, 7) is 0.771. The van der Waals surface area contributed by atoms with Gasteiger partial charge in [-0.3, -0.25) is 4.72 Å². The fourth-order valence-electron chi connectivity index (χ4n) is 1.36. The summed E-state index contributed by atoms with van der Waals surface area (Å²) in [4.78, 5) is 0. The lowest BCUT2D eigenvalue weighted by Gasteiger charge is -2.18. The highest BCUT2D eigenvalue weighted by Crippen LogP contribution is 2.27. The Kier molecular flexibility index (Phi) is 5.86. The van der Waals surface area contributed by atoms with Crippen LogP contribution in [0.5, 0.6) is 5.75 Å². The number of hydrogen-bond acceptors (Lipinski definition) is 4. The maximum Gasteiger partial charge on any atom is 0.301 e. The van der Waals surface area contributed by atoms with Crippen molar-refractivity contribution in [2.75, 3.05) is 32.0 Å². The van der Waals surface area contributed by atoms with E-state index in [2.05, 4.69) is 4.72 Å². The minimum Gasteiger partial charge on any atom is -0.497 e. The number of nitrogens with zero attached hydrogens (tertiary/aromatic N) is 1. The Bertz CT molecular complexity index is 522. The Morgan fingerprint density at radius 2 is 2.16 bits per heavy atom. The molecule has 0 unspecified atom stereocenters. The van der Waals surface area contributed by atoms with E-state index in [1.807, 2.05) is 0 Å². The van der Waals surface area contributed by atoms with Gasteiger partial charge in [-0.15, -0.1) is 0 Å². The van der Waals surface area contributed by atoms with Crippen molar-refractivity contribution in [3.05, 3.63) is 23.2 Å². The summed E-state index contributed by atoms with van der Waals surface area (Å²) < 4.78 is 32.7. The van der Waals surface area contributed by atoms with Gasteiger partial charge in [0.05, 0.1) is 17.8 Å². The van der Waals surface area contributed by atoms with E-state index in [9.17, 15) is 8.42 Å². The quantitative estimate of drug-likeness (QED) is 0.795. The van der Waals surface area contributed by atoms with Crippen molar-refractivity contribution < 1.29 is 13.2 Å². The van der Waals surface area contributed by atoms with Gasteiger partial charge in [-0.1, -0.05) is 11.6 Å². The summed E-state index contributed by atoms with van der Waals surface area (Å²) in [7, 11) is -0.672. The van der Waals surface area contributed by atoms with E-state index in [-0.39, 0.29) is 5.69 Å². The zero-order valence-corrected chi connectivity index (χ0v) is 12.5. The fraction of sp³-hybridized carbons (Fsp3) is 0.455. The molecule has 19 heavy (non-hydrogen) atoms. The summed E-state index contributed by atoms with van der Waals surface area (Å²) in [5.74, 6) is 0.520. The predicted octanol–water partition coefficient (Wildman–Crippen LogP) is 1.29. The molecular weight excluding hydrogens is 290 g/mol.